The second-order valence-corrected chi connectivity index (χ2v) is 37.5. The van der Waals surface area contributed by atoms with Crippen LogP contribution in [0, 0.1) is 23.7 Å². The van der Waals surface area contributed by atoms with Crippen LogP contribution >= 0.6 is 0 Å². The van der Waals surface area contributed by atoms with Crippen molar-refractivity contribution < 1.29 is 23.9 Å². The van der Waals surface area contributed by atoms with Crippen molar-refractivity contribution in [1.29, 1.82) is 0 Å². The standard InChI is InChI=1S/C31H36N8O2.C28H30N8O.C26H28N8.C14H25N5O2/c1-31(2,3)41-30(40)39-14-9-21(10-15-39)28(27-19-34-36-38(27)5)35-23-17-24(29-25(18-23)32-11-12-33-29)22-7-6-20-8-13-37(4)26(20)16-22;1-18(37)36-12-7-20(8-13-36)27(26-17-31-33-35(26)3)32-22-15-23(28-24(16-22)29-9-10-30-28)21-5-4-19-6-11-34(2)25(19)14-21;1-33-12-7-17-3-4-19(13-23(17)33)21-14-20(15-22-26(21)29-11-10-28-22)31-25(18-5-8-27-9-6-18)24-16-30-32-34(24)2;1-14(2,3)21-13(20)19-7-5-10(6-8-19)12(15)11-9-16-17-18(11)4/h6-8,11-13,16-19,21,28,35H,9-10,14-15H2,1-5H3;4-6,9-11,14-17,20,27,32H,7-8,12-13H2,1-3H3;3-4,7,10-16,18,25,27,31H,5-6,8-9H2,1-2H3;9-10,12H,5-8,15H2,1-4H3. The number of nitrogens with zero attached hydrogens (tertiary/aromatic N) is 24. The molecule has 4 aliphatic heterocycles. The van der Waals surface area contributed by atoms with E-state index in [0.29, 0.717) is 43.9 Å². The number of aryl methyl sites for hydroxylation is 7. The normalized spacial score (nSPS) is 16.0. The molecule has 4 saturated heterocycles. The molecule has 0 bridgehead atoms. The molecule has 34 heteroatoms. The number of hydrogen-bond donors (Lipinski definition) is 5. The molecule has 0 aliphatic carbocycles. The third kappa shape index (κ3) is 20.6. The molecular formula is C99H119N29O5. The van der Waals surface area contributed by atoms with E-state index in [2.05, 4.69) is 245 Å². The summed E-state index contributed by atoms with van der Waals surface area (Å²) in [4.78, 5) is 70.2. The summed E-state index contributed by atoms with van der Waals surface area (Å²) in [5, 5.41) is 51.5. The maximum Gasteiger partial charge on any atom is 0.410 e. The van der Waals surface area contributed by atoms with Gasteiger partial charge < -0.3 is 64.9 Å². The Hall–Kier alpha value is -14.2. The topological polar surface area (TPSA) is 368 Å². The third-order valence-electron chi connectivity index (χ3n) is 26.3. The van der Waals surface area contributed by atoms with Gasteiger partial charge >= 0.3 is 12.2 Å². The zero-order valence-corrected chi connectivity index (χ0v) is 78.2. The predicted molar refractivity (Wildman–Crippen MR) is 516 cm³/mol. The highest BCUT2D eigenvalue weighted by molar-refractivity contribution is 6.00. The summed E-state index contributed by atoms with van der Waals surface area (Å²) >= 11 is 0. The third-order valence-corrected chi connectivity index (χ3v) is 26.3. The Bertz CT molecular complexity index is 6790. The lowest BCUT2D eigenvalue weighted by atomic mass is 9.87. The van der Waals surface area contributed by atoms with Gasteiger partial charge in [0.2, 0.25) is 5.91 Å². The molecule has 4 atom stereocenters. The highest BCUT2D eigenvalue weighted by Crippen LogP contribution is 2.43. The lowest BCUT2D eigenvalue weighted by Gasteiger charge is -2.37. The Morgan fingerprint density at radius 2 is 0.684 bits per heavy atom. The van der Waals surface area contributed by atoms with Gasteiger partial charge in [0.1, 0.15) is 11.2 Å². The van der Waals surface area contributed by atoms with E-state index >= 15 is 0 Å². The van der Waals surface area contributed by atoms with E-state index in [1.54, 1.807) is 59.9 Å². The Labute approximate surface area is 772 Å². The number of anilines is 3. The molecule has 0 radical (unpaired) electrons. The number of carbonyl (C=O) groups is 3. The Morgan fingerprint density at radius 1 is 0.383 bits per heavy atom. The molecule has 690 valence electrons. The van der Waals surface area contributed by atoms with Crippen LogP contribution in [0.1, 0.15) is 147 Å². The van der Waals surface area contributed by atoms with Crippen LogP contribution in [0.4, 0.5) is 26.7 Å². The molecule has 16 aromatic rings. The molecule has 0 spiro atoms. The van der Waals surface area contributed by atoms with E-state index in [-0.39, 0.29) is 48.2 Å². The van der Waals surface area contributed by atoms with Crippen molar-refractivity contribution in [3.05, 3.63) is 213 Å². The van der Waals surface area contributed by atoms with Gasteiger partial charge in [-0.25, -0.2) is 9.59 Å². The first kappa shape index (κ1) is 90.8. The van der Waals surface area contributed by atoms with E-state index in [1.807, 2.05) is 112 Å². The van der Waals surface area contributed by atoms with Gasteiger partial charge in [-0.05, 0) is 235 Å². The zero-order valence-electron chi connectivity index (χ0n) is 78.2. The Kier molecular flexibility index (Phi) is 26.7. The molecule has 10 aromatic heterocycles. The summed E-state index contributed by atoms with van der Waals surface area (Å²) < 4.78 is 24.7. The van der Waals surface area contributed by atoms with Gasteiger partial charge in [0, 0.05) is 202 Å². The van der Waals surface area contributed by atoms with Crippen molar-refractivity contribution in [2.24, 2.45) is 78.7 Å². The lowest BCUT2D eigenvalue weighted by Crippen LogP contribution is -2.43. The van der Waals surface area contributed by atoms with Gasteiger partial charge in [0.25, 0.3) is 0 Å². The van der Waals surface area contributed by atoms with Crippen molar-refractivity contribution >= 4 is 101 Å². The number of benzene rings is 6. The van der Waals surface area contributed by atoms with E-state index < -0.39 is 11.2 Å². The average molecular weight is 1800 g/mol. The van der Waals surface area contributed by atoms with Crippen LogP contribution in [0.2, 0.25) is 0 Å². The quantitative estimate of drug-likeness (QED) is 0.0565. The molecule has 4 aliphatic rings. The van der Waals surface area contributed by atoms with E-state index in [0.717, 1.165) is 189 Å². The number of nitrogens with two attached hydrogens (primary N) is 1. The van der Waals surface area contributed by atoms with Crippen LogP contribution in [0.25, 0.3) is 99.2 Å². The maximum absolute atomic E-state index is 12.7. The molecule has 133 heavy (non-hydrogen) atoms. The molecule has 4 fully saturated rings. The fourth-order valence-electron chi connectivity index (χ4n) is 19.1. The van der Waals surface area contributed by atoms with Crippen LogP contribution in [0.3, 0.4) is 0 Å². The van der Waals surface area contributed by atoms with Gasteiger partial charge in [0.15, 0.2) is 0 Å². The fourth-order valence-corrected chi connectivity index (χ4v) is 19.1. The number of carbonyl (C=O) groups excluding carboxylic acids is 3. The molecule has 4 unspecified atom stereocenters. The number of fused-ring (bicyclic) bond motifs is 6. The average Bonchev–Trinajstić information content (AvgIpc) is 1.35. The minimum atomic E-state index is -0.514. The summed E-state index contributed by atoms with van der Waals surface area (Å²) in [6, 6.07) is 38.7. The Morgan fingerprint density at radius 3 is 0.992 bits per heavy atom. The molecule has 3 amide bonds. The molecule has 6 aromatic carbocycles. The summed E-state index contributed by atoms with van der Waals surface area (Å²) in [5.41, 5.74) is 27.4. The number of likely N-dealkylation sites (tertiary alicyclic amines) is 3. The van der Waals surface area contributed by atoms with Crippen molar-refractivity contribution in [3.63, 3.8) is 0 Å². The summed E-state index contributed by atoms with van der Waals surface area (Å²) in [7, 11) is 13.8. The lowest BCUT2D eigenvalue weighted by molar-refractivity contribution is -0.130. The van der Waals surface area contributed by atoms with Crippen molar-refractivity contribution in [2.75, 3.05) is 68.3 Å². The molecule has 0 saturated carbocycles. The first-order chi connectivity index (χ1) is 64.1. The van der Waals surface area contributed by atoms with Gasteiger partial charge in [0.05, 0.1) is 105 Å². The summed E-state index contributed by atoms with van der Waals surface area (Å²) in [6.07, 6.45) is 30.9. The van der Waals surface area contributed by atoms with Crippen LogP contribution in [-0.4, -0.2) is 200 Å². The fraction of sp³-hybridized carbons (Fsp3) is 0.404. The molecule has 6 N–H and O–H groups in total. The molecule has 14 heterocycles. The molecular weight excluding hydrogens is 1680 g/mol. The highest BCUT2D eigenvalue weighted by Gasteiger charge is 2.37. The molecule has 34 nitrogen and oxygen atoms in total. The van der Waals surface area contributed by atoms with Crippen molar-refractivity contribution in [1.82, 2.24) is 124 Å². The van der Waals surface area contributed by atoms with Crippen molar-refractivity contribution in [2.45, 2.75) is 135 Å². The van der Waals surface area contributed by atoms with Gasteiger partial charge in [-0.1, -0.05) is 57.3 Å². The van der Waals surface area contributed by atoms with Crippen LogP contribution < -0.4 is 27.0 Å². The number of ether oxygens (including phenoxy) is 2. The SMILES string of the molecule is CC(=O)N1CCC(C(Nc2cc(-c3ccc4ccn(C)c4c3)c3nccnc3c2)c2cnnn2C)CC1.Cn1nncc1C(N)C1CCN(C(=O)OC(C)(C)C)CC1.Cn1nncc1C(Nc1cc(-c2ccc3ccn(C)c3c2)c2nccnc2c1)C1CCN(C(=O)OC(C)(C)C)CC1.Cn1nncc1C(Nc1cc(-c2ccc3ccn(C)c3c2)c2nccnc2c1)C1CCNCC1. The number of piperidine rings is 4. The highest BCUT2D eigenvalue weighted by atomic mass is 16.6. The van der Waals surface area contributed by atoms with Gasteiger partial charge in [-0.2, -0.15) is 0 Å². The van der Waals surface area contributed by atoms with Crippen LogP contribution in [-0.2, 0) is 63.6 Å². The smallest absolute Gasteiger partial charge is 0.410 e. The number of rotatable bonds is 17. The van der Waals surface area contributed by atoms with E-state index in [4.69, 9.17) is 25.2 Å². The Balaban J connectivity index is 0.000000126. The monoisotopic (exact) mass is 1790 g/mol. The van der Waals surface area contributed by atoms with E-state index in [1.165, 1.54) is 27.2 Å². The summed E-state index contributed by atoms with van der Waals surface area (Å²) in [5.74, 6) is 1.54. The van der Waals surface area contributed by atoms with E-state index in [9.17, 15) is 14.4 Å². The predicted octanol–water partition coefficient (Wildman–Crippen LogP) is 15.6. The first-order valence-corrected chi connectivity index (χ1v) is 45.9. The second kappa shape index (κ2) is 39.1. The first-order valence-electron chi connectivity index (χ1n) is 45.9. The van der Waals surface area contributed by atoms with Crippen LogP contribution in [0.15, 0.2) is 190 Å². The largest absolute Gasteiger partial charge is 0.444 e. The zero-order chi connectivity index (χ0) is 92.9. The minimum absolute atomic E-state index is 0.00793. The van der Waals surface area contributed by atoms with Crippen molar-refractivity contribution in [3.8, 4) is 33.4 Å². The van der Waals surface area contributed by atoms with Gasteiger partial charge in [-0.3, -0.25) is 53.4 Å². The molecule has 20 rings (SSSR count). The van der Waals surface area contributed by atoms with Crippen LogP contribution in [0.5, 0.6) is 0 Å². The minimum Gasteiger partial charge on any atom is -0.444 e. The summed E-state index contributed by atoms with van der Waals surface area (Å²) in [6.45, 7) is 19.2. The number of amides is 3. The number of hydrogen-bond acceptors (Lipinski definition) is 24. The number of nitrogens with one attached hydrogen (secondary N) is 4. The van der Waals surface area contributed by atoms with Gasteiger partial charge in [-0.15, -0.1) is 20.4 Å². The maximum atomic E-state index is 12.7. The second-order valence-electron chi connectivity index (χ2n) is 37.5. The number of aromatic nitrogens is 21.